The van der Waals surface area contributed by atoms with Crippen LogP contribution in [-0.4, -0.2) is 55.8 Å². The zero-order chi connectivity index (χ0) is 24.2. The molecule has 0 bridgehead atoms. The molecule has 0 aliphatic carbocycles. The highest BCUT2D eigenvalue weighted by atomic mass is 35.5. The van der Waals surface area contributed by atoms with Crippen LogP contribution in [0, 0.1) is 0 Å². The van der Waals surface area contributed by atoms with Gasteiger partial charge < -0.3 is 23.8 Å². The summed E-state index contributed by atoms with van der Waals surface area (Å²) in [5.41, 5.74) is 2.60. The third-order valence-electron chi connectivity index (χ3n) is 6.22. The first-order chi connectivity index (χ1) is 17.1. The van der Waals surface area contributed by atoms with Crippen molar-refractivity contribution in [3.8, 4) is 23.0 Å². The lowest BCUT2D eigenvalue weighted by Crippen LogP contribution is -2.48. The van der Waals surface area contributed by atoms with Gasteiger partial charge in [0.15, 0.2) is 11.5 Å². The van der Waals surface area contributed by atoms with E-state index < -0.39 is 0 Å². The Morgan fingerprint density at radius 2 is 1.80 bits per heavy atom. The second kappa shape index (κ2) is 10.5. The Labute approximate surface area is 209 Å². The summed E-state index contributed by atoms with van der Waals surface area (Å²) in [5, 5.41) is 0.607. The van der Waals surface area contributed by atoms with Crippen LogP contribution in [0.4, 0.5) is 0 Å². The number of piperazine rings is 1. The predicted molar refractivity (Wildman–Crippen MR) is 133 cm³/mol. The topological polar surface area (TPSA) is 60.5 Å². The Morgan fingerprint density at radius 1 is 0.971 bits per heavy atom. The lowest BCUT2D eigenvalue weighted by Gasteiger charge is -2.35. The van der Waals surface area contributed by atoms with Gasteiger partial charge >= 0.3 is 0 Å². The van der Waals surface area contributed by atoms with Gasteiger partial charge in [-0.1, -0.05) is 23.7 Å². The van der Waals surface area contributed by atoms with E-state index in [1.165, 1.54) is 5.56 Å². The molecule has 1 saturated heterocycles. The fourth-order valence-electron chi connectivity index (χ4n) is 4.33. The number of amides is 1. The van der Waals surface area contributed by atoms with Crippen molar-refractivity contribution in [3.05, 3.63) is 82.4 Å². The molecular formula is C27H27ClN2O5. The van der Waals surface area contributed by atoms with E-state index in [1.807, 2.05) is 47.4 Å². The summed E-state index contributed by atoms with van der Waals surface area (Å²) < 4.78 is 22.2. The van der Waals surface area contributed by atoms with E-state index in [4.69, 9.17) is 30.5 Å². The van der Waals surface area contributed by atoms with E-state index in [2.05, 4.69) is 11.0 Å². The number of benzene rings is 3. The maximum Gasteiger partial charge on any atom is 0.253 e. The van der Waals surface area contributed by atoms with Crippen LogP contribution in [0.2, 0.25) is 5.02 Å². The molecule has 0 atom stereocenters. The van der Waals surface area contributed by atoms with Gasteiger partial charge in [-0.25, -0.2) is 0 Å². The van der Waals surface area contributed by atoms with Crippen LogP contribution < -0.4 is 18.9 Å². The summed E-state index contributed by atoms with van der Waals surface area (Å²) in [4.78, 5) is 17.5. The summed E-state index contributed by atoms with van der Waals surface area (Å²) in [6.07, 6.45) is 0. The molecule has 5 rings (SSSR count). The molecule has 1 amide bonds. The second-order valence-electron chi connectivity index (χ2n) is 8.53. The summed E-state index contributed by atoms with van der Waals surface area (Å²) >= 11 is 6.05. The number of carbonyl (C=O) groups excluding carboxylic acids is 1. The van der Waals surface area contributed by atoms with Gasteiger partial charge in [0.2, 0.25) is 6.79 Å². The predicted octanol–water partition coefficient (Wildman–Crippen LogP) is 4.61. The van der Waals surface area contributed by atoms with Gasteiger partial charge in [0.1, 0.15) is 18.1 Å². The average Bonchev–Trinajstić information content (AvgIpc) is 3.35. The number of hydrogen-bond acceptors (Lipinski definition) is 6. The van der Waals surface area contributed by atoms with E-state index in [0.29, 0.717) is 35.2 Å². The molecule has 3 aromatic rings. The SMILES string of the molecule is COc1ccc(C(=O)N2CCN(Cc3ccc4c(c3)OCO4)CC2)cc1COc1cccc(Cl)c1. The summed E-state index contributed by atoms with van der Waals surface area (Å²) in [6, 6.07) is 18.8. The van der Waals surface area contributed by atoms with Crippen LogP contribution in [0.15, 0.2) is 60.7 Å². The second-order valence-corrected chi connectivity index (χ2v) is 8.97. The zero-order valence-corrected chi connectivity index (χ0v) is 20.3. The maximum atomic E-state index is 13.2. The smallest absolute Gasteiger partial charge is 0.253 e. The highest BCUT2D eigenvalue weighted by Crippen LogP contribution is 2.33. The van der Waals surface area contributed by atoms with E-state index in [-0.39, 0.29) is 19.3 Å². The minimum Gasteiger partial charge on any atom is -0.496 e. The van der Waals surface area contributed by atoms with Gasteiger partial charge in [0.25, 0.3) is 5.91 Å². The van der Waals surface area contributed by atoms with Crippen LogP contribution in [0.1, 0.15) is 21.5 Å². The maximum absolute atomic E-state index is 13.2. The van der Waals surface area contributed by atoms with Gasteiger partial charge in [-0.15, -0.1) is 0 Å². The van der Waals surface area contributed by atoms with Crippen molar-refractivity contribution in [1.82, 2.24) is 9.80 Å². The molecule has 0 saturated carbocycles. The molecule has 0 N–H and O–H groups in total. The Balaban J connectivity index is 1.19. The molecule has 7 nitrogen and oxygen atoms in total. The summed E-state index contributed by atoms with van der Waals surface area (Å²) in [7, 11) is 1.61. The highest BCUT2D eigenvalue weighted by Gasteiger charge is 2.23. The molecule has 0 unspecified atom stereocenters. The van der Waals surface area contributed by atoms with Crippen molar-refractivity contribution in [2.75, 3.05) is 40.1 Å². The van der Waals surface area contributed by atoms with Crippen LogP contribution in [0.5, 0.6) is 23.0 Å². The minimum absolute atomic E-state index is 0.0133. The van der Waals surface area contributed by atoms with Gasteiger partial charge in [0, 0.05) is 48.9 Å². The number of ether oxygens (including phenoxy) is 4. The summed E-state index contributed by atoms with van der Waals surface area (Å²) in [6.45, 7) is 4.31. The molecule has 2 aliphatic heterocycles. The van der Waals surface area contributed by atoms with E-state index >= 15 is 0 Å². The van der Waals surface area contributed by atoms with Gasteiger partial charge in [-0.05, 0) is 54.1 Å². The number of methoxy groups -OCH3 is 1. The van der Waals surface area contributed by atoms with E-state index in [0.717, 1.165) is 36.7 Å². The number of halogens is 1. The molecule has 8 heteroatoms. The van der Waals surface area contributed by atoms with E-state index in [1.54, 1.807) is 19.2 Å². The minimum atomic E-state index is 0.0133. The quantitative estimate of drug-likeness (QED) is 0.478. The van der Waals surface area contributed by atoms with Crippen LogP contribution in [0.25, 0.3) is 0 Å². The van der Waals surface area contributed by atoms with Gasteiger partial charge in [-0.2, -0.15) is 0 Å². The monoisotopic (exact) mass is 494 g/mol. The van der Waals surface area contributed by atoms with Gasteiger partial charge in [-0.3, -0.25) is 9.69 Å². The van der Waals surface area contributed by atoms with Crippen LogP contribution >= 0.6 is 11.6 Å². The van der Waals surface area contributed by atoms with Crippen molar-refractivity contribution >= 4 is 17.5 Å². The number of rotatable bonds is 7. The zero-order valence-electron chi connectivity index (χ0n) is 19.5. The molecule has 1 fully saturated rings. The first kappa shape index (κ1) is 23.3. The fourth-order valence-corrected chi connectivity index (χ4v) is 4.51. The Hall–Kier alpha value is -3.42. The molecule has 0 spiro atoms. The molecule has 2 heterocycles. The molecule has 3 aromatic carbocycles. The number of nitrogens with zero attached hydrogens (tertiary/aromatic N) is 2. The normalized spacial score (nSPS) is 15.2. The molecular weight excluding hydrogens is 468 g/mol. The first-order valence-electron chi connectivity index (χ1n) is 11.5. The van der Waals surface area contributed by atoms with Crippen molar-refractivity contribution in [2.24, 2.45) is 0 Å². The first-order valence-corrected chi connectivity index (χ1v) is 11.9. The van der Waals surface area contributed by atoms with Crippen molar-refractivity contribution in [3.63, 3.8) is 0 Å². The van der Waals surface area contributed by atoms with Crippen molar-refractivity contribution in [2.45, 2.75) is 13.2 Å². The molecule has 2 aliphatic rings. The number of fused-ring (bicyclic) bond motifs is 1. The van der Waals surface area contributed by atoms with Gasteiger partial charge in [0.05, 0.1) is 7.11 Å². The third-order valence-corrected chi connectivity index (χ3v) is 6.46. The fraction of sp³-hybridized carbons (Fsp3) is 0.296. The standard InChI is InChI=1S/C27H27ClN2O5/c1-32-24-8-6-20(14-21(24)17-33-23-4-2-3-22(28)15-23)27(31)30-11-9-29(10-12-30)16-19-5-7-25-26(13-19)35-18-34-25/h2-8,13-15H,9-12,16-18H2,1H3. The molecule has 0 radical (unpaired) electrons. The lowest BCUT2D eigenvalue weighted by molar-refractivity contribution is 0.0628. The molecule has 182 valence electrons. The Bertz CT molecular complexity index is 1210. The Kier molecular flexibility index (Phi) is 6.97. The third kappa shape index (κ3) is 5.47. The largest absolute Gasteiger partial charge is 0.496 e. The molecule has 35 heavy (non-hydrogen) atoms. The molecule has 0 aromatic heterocycles. The Morgan fingerprint density at radius 3 is 2.60 bits per heavy atom. The average molecular weight is 495 g/mol. The lowest BCUT2D eigenvalue weighted by atomic mass is 10.1. The van der Waals surface area contributed by atoms with Crippen molar-refractivity contribution < 1.29 is 23.7 Å². The van der Waals surface area contributed by atoms with Crippen LogP contribution in [0.3, 0.4) is 0 Å². The van der Waals surface area contributed by atoms with Crippen LogP contribution in [-0.2, 0) is 13.2 Å². The number of hydrogen-bond donors (Lipinski definition) is 0. The van der Waals surface area contributed by atoms with E-state index in [9.17, 15) is 4.79 Å². The van der Waals surface area contributed by atoms with Crippen molar-refractivity contribution in [1.29, 1.82) is 0 Å². The summed E-state index contributed by atoms with van der Waals surface area (Å²) in [5.74, 6) is 2.94. The number of carbonyl (C=O) groups is 1. The highest BCUT2D eigenvalue weighted by molar-refractivity contribution is 6.30.